The van der Waals surface area contributed by atoms with E-state index in [1.54, 1.807) is 6.07 Å². The van der Waals surface area contributed by atoms with E-state index >= 15 is 0 Å². The summed E-state index contributed by atoms with van der Waals surface area (Å²) in [6.07, 6.45) is -3.03. The Morgan fingerprint density at radius 1 is 1.20 bits per heavy atom. The average molecular weight is 459 g/mol. The van der Waals surface area contributed by atoms with Gasteiger partial charge in [-0.15, -0.1) is 0 Å². The smallest absolute Gasteiger partial charge is 0.374 e. The van der Waals surface area contributed by atoms with Gasteiger partial charge >= 0.3 is 6.18 Å². The molecule has 2 N–H and O–H groups in total. The van der Waals surface area contributed by atoms with E-state index in [-0.39, 0.29) is 21.3 Å². The summed E-state index contributed by atoms with van der Waals surface area (Å²) in [5.41, 5.74) is 4.13. The number of benzene rings is 2. The normalized spacial score (nSPS) is 18.8. The van der Waals surface area contributed by atoms with Crippen LogP contribution < -0.4 is 5.73 Å². The molecule has 0 aliphatic carbocycles. The number of alkyl halides is 3. The second-order valence-corrected chi connectivity index (χ2v) is 7.91. The number of carbonyl (C=O) groups excluding carboxylic acids is 1. The van der Waals surface area contributed by atoms with E-state index in [9.17, 15) is 18.0 Å². The molecule has 1 aliphatic heterocycles. The van der Waals surface area contributed by atoms with Crippen LogP contribution in [0.5, 0.6) is 0 Å². The molecule has 0 spiro atoms. The number of carbonyl (C=O) groups is 1. The molecular formula is C21H19Cl2F3N2O2. The summed E-state index contributed by atoms with van der Waals surface area (Å²) < 4.78 is 42.3. The first-order valence-electron chi connectivity index (χ1n) is 9.29. The molecule has 0 radical (unpaired) electrons. The van der Waals surface area contributed by atoms with Gasteiger partial charge in [-0.3, -0.25) is 4.79 Å². The molecule has 3 rings (SSSR count). The number of aryl methyl sites for hydroxylation is 1. The van der Waals surface area contributed by atoms with Gasteiger partial charge < -0.3 is 10.6 Å². The van der Waals surface area contributed by atoms with Gasteiger partial charge in [0.1, 0.15) is 0 Å². The highest BCUT2D eigenvalue weighted by Crippen LogP contribution is 2.49. The van der Waals surface area contributed by atoms with Crippen molar-refractivity contribution in [3.63, 3.8) is 0 Å². The van der Waals surface area contributed by atoms with Crippen LogP contribution in [0.25, 0.3) is 0 Å². The van der Waals surface area contributed by atoms with Crippen LogP contribution in [0.1, 0.15) is 53.2 Å². The van der Waals surface area contributed by atoms with Gasteiger partial charge in [-0.25, -0.2) is 0 Å². The van der Waals surface area contributed by atoms with Gasteiger partial charge in [0.05, 0.1) is 15.8 Å². The maximum atomic E-state index is 14.1. The maximum absolute atomic E-state index is 14.1. The minimum atomic E-state index is -4.76. The molecule has 9 heteroatoms. The summed E-state index contributed by atoms with van der Waals surface area (Å²) >= 11 is 11.8. The van der Waals surface area contributed by atoms with Gasteiger partial charge in [-0.1, -0.05) is 53.8 Å². The largest absolute Gasteiger partial charge is 0.435 e. The molecule has 160 valence electrons. The van der Waals surface area contributed by atoms with Crippen molar-refractivity contribution in [3.05, 3.63) is 68.7 Å². The van der Waals surface area contributed by atoms with E-state index in [0.717, 1.165) is 18.9 Å². The van der Waals surface area contributed by atoms with Gasteiger partial charge in [0, 0.05) is 17.5 Å². The van der Waals surface area contributed by atoms with E-state index in [2.05, 4.69) is 5.16 Å². The van der Waals surface area contributed by atoms with Crippen molar-refractivity contribution in [2.24, 2.45) is 10.9 Å². The first kappa shape index (κ1) is 22.4. The van der Waals surface area contributed by atoms with Crippen molar-refractivity contribution in [1.82, 2.24) is 0 Å². The number of rotatable bonds is 6. The maximum Gasteiger partial charge on any atom is 0.435 e. The van der Waals surface area contributed by atoms with Crippen LogP contribution >= 0.6 is 23.2 Å². The highest BCUT2D eigenvalue weighted by Gasteiger charge is 2.62. The minimum absolute atomic E-state index is 0.0116. The SMILES string of the molecule is CCCCc1cc(C2=NOC(c3ccc(Cl)c(Cl)c3)(C(F)(F)F)C2)ccc1C(N)=O. The van der Waals surface area contributed by atoms with Crippen molar-refractivity contribution in [3.8, 4) is 0 Å². The van der Waals surface area contributed by atoms with Crippen molar-refractivity contribution >= 4 is 34.8 Å². The van der Waals surface area contributed by atoms with Crippen LogP contribution in [0.3, 0.4) is 0 Å². The molecule has 0 aromatic heterocycles. The van der Waals surface area contributed by atoms with Crippen LogP contribution in [-0.2, 0) is 16.9 Å². The van der Waals surface area contributed by atoms with Crippen LogP contribution in [0.2, 0.25) is 10.0 Å². The second kappa shape index (κ2) is 8.47. The Hall–Kier alpha value is -2.25. The standard InChI is InChI=1S/C21H19Cl2F3N2O2/c1-2-3-4-12-9-13(5-7-15(12)19(27)29)18-11-20(30-28-18,21(24,25)26)14-6-8-16(22)17(23)10-14/h5-10H,2-4,11H2,1H3,(H2,27,29). The van der Waals surface area contributed by atoms with Gasteiger partial charge in [0.25, 0.3) is 5.60 Å². The van der Waals surface area contributed by atoms with Gasteiger partial charge in [-0.05, 0) is 48.2 Å². The molecule has 1 amide bonds. The first-order valence-corrected chi connectivity index (χ1v) is 10.0. The third-order valence-electron chi connectivity index (χ3n) is 5.08. The Bertz CT molecular complexity index is 1010. The number of hydrogen-bond acceptors (Lipinski definition) is 3. The zero-order valence-electron chi connectivity index (χ0n) is 16.0. The summed E-state index contributed by atoms with van der Waals surface area (Å²) in [4.78, 5) is 16.7. The molecule has 0 bridgehead atoms. The molecule has 1 heterocycles. The van der Waals surface area contributed by atoms with Crippen molar-refractivity contribution < 1.29 is 22.8 Å². The van der Waals surface area contributed by atoms with E-state index in [1.165, 1.54) is 24.3 Å². The fourth-order valence-electron chi connectivity index (χ4n) is 3.39. The summed E-state index contributed by atoms with van der Waals surface area (Å²) in [6.45, 7) is 2.00. The van der Waals surface area contributed by atoms with Crippen molar-refractivity contribution in [2.45, 2.75) is 44.4 Å². The highest BCUT2D eigenvalue weighted by molar-refractivity contribution is 6.42. The van der Waals surface area contributed by atoms with Crippen LogP contribution in [-0.4, -0.2) is 17.8 Å². The fraction of sp³-hybridized carbons (Fsp3) is 0.333. The predicted octanol–water partition coefficient (Wildman–Crippen LogP) is 6.02. The van der Waals surface area contributed by atoms with Gasteiger partial charge in [0.15, 0.2) is 0 Å². The molecule has 4 nitrogen and oxygen atoms in total. The Kier molecular flexibility index (Phi) is 6.34. The molecule has 30 heavy (non-hydrogen) atoms. The Balaban J connectivity index is 2.00. The number of amides is 1. The molecule has 2 aromatic carbocycles. The summed E-state index contributed by atoms with van der Waals surface area (Å²) in [7, 11) is 0. The Morgan fingerprint density at radius 2 is 1.93 bits per heavy atom. The number of nitrogens with two attached hydrogens (primary N) is 1. The molecule has 1 atom stereocenters. The average Bonchev–Trinajstić information content (AvgIpc) is 3.15. The van der Waals surface area contributed by atoms with Crippen molar-refractivity contribution in [1.29, 1.82) is 0 Å². The third kappa shape index (κ3) is 4.14. The molecular weight excluding hydrogens is 440 g/mol. The predicted molar refractivity (Wildman–Crippen MR) is 110 cm³/mol. The molecule has 0 saturated carbocycles. The lowest BCUT2D eigenvalue weighted by atomic mass is 9.86. The number of nitrogens with zero attached hydrogens (tertiary/aromatic N) is 1. The number of hydrogen-bond donors (Lipinski definition) is 1. The lowest BCUT2D eigenvalue weighted by Gasteiger charge is -2.29. The minimum Gasteiger partial charge on any atom is -0.374 e. The molecule has 2 aromatic rings. The lowest BCUT2D eigenvalue weighted by Crippen LogP contribution is -2.42. The number of unbranched alkanes of at least 4 members (excludes halogenated alkanes) is 1. The van der Waals surface area contributed by atoms with Gasteiger partial charge in [-0.2, -0.15) is 13.2 Å². The first-order chi connectivity index (χ1) is 14.1. The third-order valence-corrected chi connectivity index (χ3v) is 5.81. The van der Waals surface area contributed by atoms with E-state index in [0.29, 0.717) is 23.1 Å². The van der Waals surface area contributed by atoms with Crippen molar-refractivity contribution in [2.75, 3.05) is 0 Å². The fourth-order valence-corrected chi connectivity index (χ4v) is 3.69. The Morgan fingerprint density at radius 3 is 2.53 bits per heavy atom. The summed E-state index contributed by atoms with van der Waals surface area (Å²) in [6, 6.07) is 8.34. The molecule has 1 unspecified atom stereocenters. The molecule has 0 saturated heterocycles. The van der Waals surface area contributed by atoms with E-state index in [1.807, 2.05) is 6.92 Å². The number of oxime groups is 1. The molecule has 1 aliphatic rings. The van der Waals surface area contributed by atoms with Crippen LogP contribution in [0, 0.1) is 0 Å². The van der Waals surface area contributed by atoms with E-state index < -0.39 is 24.1 Å². The topological polar surface area (TPSA) is 64.7 Å². The molecule has 0 fully saturated rings. The summed E-state index contributed by atoms with van der Waals surface area (Å²) in [5, 5.41) is 3.88. The second-order valence-electron chi connectivity index (χ2n) is 7.10. The number of halogens is 5. The Labute approximate surface area is 181 Å². The highest BCUT2D eigenvalue weighted by atomic mass is 35.5. The quantitative estimate of drug-likeness (QED) is 0.575. The van der Waals surface area contributed by atoms with E-state index in [4.69, 9.17) is 33.8 Å². The van der Waals surface area contributed by atoms with Crippen LogP contribution in [0.4, 0.5) is 13.2 Å². The van der Waals surface area contributed by atoms with Gasteiger partial charge in [0.2, 0.25) is 5.91 Å². The number of primary amides is 1. The zero-order valence-corrected chi connectivity index (χ0v) is 17.5. The lowest BCUT2D eigenvalue weighted by molar-refractivity contribution is -0.275. The van der Waals surface area contributed by atoms with Crippen LogP contribution in [0.15, 0.2) is 41.6 Å². The monoisotopic (exact) mass is 458 g/mol. The zero-order chi connectivity index (χ0) is 22.1. The summed E-state index contributed by atoms with van der Waals surface area (Å²) in [5.74, 6) is -0.585.